The number of aromatic nitrogens is 3. The lowest BCUT2D eigenvalue weighted by Crippen LogP contribution is -2.38. The molecule has 1 aliphatic rings. The van der Waals surface area contributed by atoms with Gasteiger partial charge in [-0.1, -0.05) is 5.21 Å². The lowest BCUT2D eigenvalue weighted by molar-refractivity contribution is 0.0687. The van der Waals surface area contributed by atoms with Gasteiger partial charge in [0, 0.05) is 20.2 Å². The van der Waals surface area contributed by atoms with E-state index in [1.54, 1.807) is 35.0 Å². The van der Waals surface area contributed by atoms with Crippen molar-refractivity contribution in [1.29, 1.82) is 0 Å². The first-order valence-corrected chi connectivity index (χ1v) is 9.11. The zero-order valence-electron chi connectivity index (χ0n) is 14.4. The number of hydrogen-bond acceptors (Lipinski definition) is 6. The Bertz CT molecular complexity index is 774. The molecule has 0 unspecified atom stereocenters. The van der Waals surface area contributed by atoms with Gasteiger partial charge in [-0.15, -0.1) is 5.10 Å². The molecule has 2 aromatic rings. The van der Waals surface area contributed by atoms with Gasteiger partial charge in [0.2, 0.25) is 0 Å². The summed E-state index contributed by atoms with van der Waals surface area (Å²) in [5.74, 6) is -0.135. The van der Waals surface area contributed by atoms with Crippen molar-refractivity contribution in [2.45, 2.75) is 25.4 Å². The lowest BCUT2D eigenvalue weighted by atomic mass is 10.2. The predicted octanol–water partition coefficient (Wildman–Crippen LogP) is 1.31. The first-order chi connectivity index (χ1) is 12.6. The number of halogens is 1. The molecule has 1 N–H and O–H groups in total. The summed E-state index contributed by atoms with van der Waals surface area (Å²) in [6.07, 6.45) is 3.37. The van der Waals surface area contributed by atoms with E-state index in [9.17, 15) is 9.59 Å². The highest BCUT2D eigenvalue weighted by atomic mass is 79.9. The maximum atomic E-state index is 12.6. The number of nitrogens with one attached hydrogen (secondary N) is 1. The van der Waals surface area contributed by atoms with Crippen LogP contribution in [0.25, 0.3) is 0 Å². The molecule has 3 rings (SSSR count). The van der Waals surface area contributed by atoms with E-state index < -0.39 is 0 Å². The van der Waals surface area contributed by atoms with Gasteiger partial charge < -0.3 is 19.4 Å². The van der Waals surface area contributed by atoms with E-state index in [2.05, 4.69) is 31.6 Å². The van der Waals surface area contributed by atoms with Crippen LogP contribution < -0.4 is 5.32 Å². The van der Waals surface area contributed by atoms with Crippen LogP contribution in [0.2, 0.25) is 0 Å². The molecule has 10 heteroatoms. The topological polar surface area (TPSA) is 102 Å². The fourth-order valence-corrected chi connectivity index (χ4v) is 3.23. The van der Waals surface area contributed by atoms with E-state index in [1.807, 2.05) is 0 Å². The molecule has 26 heavy (non-hydrogen) atoms. The molecule has 9 nitrogen and oxygen atoms in total. The summed E-state index contributed by atoms with van der Waals surface area (Å²) in [6.45, 7) is 1.99. The number of furan rings is 1. The molecule has 0 radical (unpaired) electrons. The molecule has 0 bridgehead atoms. The summed E-state index contributed by atoms with van der Waals surface area (Å²) in [5, 5.41) is 10.6. The van der Waals surface area contributed by atoms with E-state index >= 15 is 0 Å². The van der Waals surface area contributed by atoms with Crippen LogP contribution in [0.1, 0.15) is 33.9 Å². The molecule has 2 aromatic heterocycles. The normalized spacial score (nSPS) is 16.8. The first-order valence-electron chi connectivity index (χ1n) is 8.32. The van der Waals surface area contributed by atoms with Crippen molar-refractivity contribution in [2.75, 3.05) is 26.8 Å². The van der Waals surface area contributed by atoms with Crippen LogP contribution in [0, 0.1) is 0 Å². The van der Waals surface area contributed by atoms with E-state index in [-0.39, 0.29) is 23.6 Å². The molecule has 0 spiro atoms. The molecular formula is C16H20BrN5O4. The highest BCUT2D eigenvalue weighted by Gasteiger charge is 2.31. The van der Waals surface area contributed by atoms with Crippen LogP contribution in [0.3, 0.4) is 0 Å². The van der Waals surface area contributed by atoms with Crippen LogP contribution in [0.15, 0.2) is 27.4 Å². The molecule has 0 aliphatic carbocycles. The van der Waals surface area contributed by atoms with Gasteiger partial charge in [-0.3, -0.25) is 9.59 Å². The predicted molar refractivity (Wildman–Crippen MR) is 94.7 cm³/mol. The van der Waals surface area contributed by atoms with Gasteiger partial charge in [-0.25, -0.2) is 4.68 Å². The van der Waals surface area contributed by atoms with Gasteiger partial charge in [0.05, 0.1) is 25.4 Å². The fourth-order valence-electron chi connectivity index (χ4n) is 2.93. The van der Waals surface area contributed by atoms with E-state index in [4.69, 9.17) is 9.15 Å². The minimum atomic E-state index is -0.298. The quantitative estimate of drug-likeness (QED) is 0.670. The molecule has 0 aromatic carbocycles. The van der Waals surface area contributed by atoms with Crippen LogP contribution in [-0.4, -0.2) is 64.6 Å². The molecular weight excluding hydrogens is 406 g/mol. The Morgan fingerprint density at radius 3 is 3.04 bits per heavy atom. The molecule has 1 fully saturated rings. The third-order valence-electron chi connectivity index (χ3n) is 4.18. The summed E-state index contributed by atoms with van der Waals surface area (Å²) in [5.41, 5.74) is 0.243. The van der Waals surface area contributed by atoms with Crippen molar-refractivity contribution < 1.29 is 18.7 Å². The van der Waals surface area contributed by atoms with Gasteiger partial charge >= 0.3 is 0 Å². The Morgan fingerprint density at radius 2 is 2.31 bits per heavy atom. The highest BCUT2D eigenvalue weighted by molar-refractivity contribution is 9.10. The molecule has 2 amide bonds. The number of rotatable bonds is 7. The van der Waals surface area contributed by atoms with Gasteiger partial charge in [-0.2, -0.15) is 0 Å². The van der Waals surface area contributed by atoms with E-state index in [1.165, 1.54) is 0 Å². The summed E-state index contributed by atoms with van der Waals surface area (Å²) in [7, 11) is 1.57. The molecule has 3 heterocycles. The van der Waals surface area contributed by atoms with Crippen molar-refractivity contribution in [3.8, 4) is 0 Å². The Morgan fingerprint density at radius 1 is 1.46 bits per heavy atom. The molecule has 0 saturated carbocycles. The zero-order valence-corrected chi connectivity index (χ0v) is 15.9. The molecule has 1 atom stereocenters. The van der Waals surface area contributed by atoms with Crippen LogP contribution in [0.4, 0.5) is 0 Å². The summed E-state index contributed by atoms with van der Waals surface area (Å²) in [6, 6.07) is 3.33. The summed E-state index contributed by atoms with van der Waals surface area (Å²) >= 11 is 3.21. The third-order valence-corrected chi connectivity index (χ3v) is 4.61. The number of ether oxygens (including phenoxy) is 1. The van der Waals surface area contributed by atoms with Crippen LogP contribution in [0.5, 0.6) is 0 Å². The molecule has 1 aliphatic heterocycles. The lowest BCUT2D eigenvalue weighted by Gasteiger charge is -2.23. The molecule has 1 saturated heterocycles. The van der Waals surface area contributed by atoms with Gasteiger partial charge in [0.25, 0.3) is 11.8 Å². The number of nitrogens with zero attached hydrogens (tertiary/aromatic N) is 4. The van der Waals surface area contributed by atoms with Gasteiger partial charge in [0.1, 0.15) is 0 Å². The SMILES string of the molecule is COCCNC(=O)c1cn(C[C@@H]2CCCN2C(=O)c2ccc(Br)o2)nn1. The average molecular weight is 426 g/mol. The van der Waals surface area contributed by atoms with Crippen molar-refractivity contribution in [2.24, 2.45) is 0 Å². The Balaban J connectivity index is 1.61. The maximum absolute atomic E-state index is 12.6. The standard InChI is InChI=1S/C16H20BrN5O4/c1-25-8-6-18-15(23)12-10-21(20-19-12)9-11-3-2-7-22(11)16(24)13-4-5-14(17)26-13/h4-5,10-11H,2-3,6-9H2,1H3,(H,18,23)/t11-/m0/s1. The second-order valence-electron chi connectivity index (χ2n) is 5.97. The summed E-state index contributed by atoms with van der Waals surface area (Å²) in [4.78, 5) is 26.4. The minimum Gasteiger partial charge on any atom is -0.444 e. The smallest absolute Gasteiger partial charge is 0.289 e. The summed E-state index contributed by atoms with van der Waals surface area (Å²) < 4.78 is 12.4. The number of methoxy groups -OCH3 is 1. The van der Waals surface area contributed by atoms with Crippen molar-refractivity contribution in [3.05, 3.63) is 34.5 Å². The average Bonchev–Trinajstić information content (AvgIpc) is 3.36. The second-order valence-corrected chi connectivity index (χ2v) is 6.75. The molecule has 140 valence electrons. The second kappa shape index (κ2) is 8.45. The number of carbonyl (C=O) groups excluding carboxylic acids is 2. The largest absolute Gasteiger partial charge is 0.444 e. The zero-order chi connectivity index (χ0) is 18.5. The first kappa shape index (κ1) is 18.6. The highest BCUT2D eigenvalue weighted by Crippen LogP contribution is 2.23. The Hall–Kier alpha value is -2.20. The fraction of sp³-hybridized carbons (Fsp3) is 0.500. The van der Waals surface area contributed by atoms with E-state index in [0.717, 1.165) is 12.8 Å². The number of hydrogen-bond donors (Lipinski definition) is 1. The monoisotopic (exact) mass is 425 g/mol. The number of amides is 2. The number of carbonyl (C=O) groups is 2. The van der Waals surface area contributed by atoms with Crippen molar-refractivity contribution in [3.63, 3.8) is 0 Å². The third kappa shape index (κ3) is 4.31. The number of likely N-dealkylation sites (tertiary alicyclic amines) is 1. The van der Waals surface area contributed by atoms with Crippen LogP contribution in [-0.2, 0) is 11.3 Å². The van der Waals surface area contributed by atoms with Crippen molar-refractivity contribution >= 4 is 27.7 Å². The minimum absolute atomic E-state index is 0.0162. The van der Waals surface area contributed by atoms with Crippen molar-refractivity contribution in [1.82, 2.24) is 25.2 Å². The van der Waals surface area contributed by atoms with Crippen LogP contribution >= 0.6 is 15.9 Å². The van der Waals surface area contributed by atoms with E-state index in [0.29, 0.717) is 36.7 Å². The van der Waals surface area contributed by atoms with Gasteiger partial charge in [0.15, 0.2) is 16.1 Å². The maximum Gasteiger partial charge on any atom is 0.289 e. The van der Waals surface area contributed by atoms with Gasteiger partial charge in [-0.05, 0) is 40.9 Å². The Kier molecular flexibility index (Phi) is 6.04. The Labute approximate surface area is 158 Å².